The van der Waals surface area contributed by atoms with E-state index in [1.165, 1.54) is 16.3 Å². The van der Waals surface area contributed by atoms with Crippen LogP contribution in [0.15, 0.2) is 205 Å². The summed E-state index contributed by atoms with van der Waals surface area (Å²) in [6, 6.07) is 70.6. The molecule has 4 heteroatoms. The van der Waals surface area contributed by atoms with E-state index in [1.807, 2.05) is 6.07 Å². The van der Waals surface area contributed by atoms with Gasteiger partial charge in [-0.1, -0.05) is 158 Å². The molecular formula is C55H33N3O. The Balaban J connectivity index is 1.10. The van der Waals surface area contributed by atoms with Crippen LogP contribution in [-0.2, 0) is 0 Å². The highest BCUT2D eigenvalue weighted by Crippen LogP contribution is 2.44. The Labute approximate surface area is 339 Å². The van der Waals surface area contributed by atoms with Crippen LogP contribution in [0.3, 0.4) is 0 Å². The molecule has 0 fully saturated rings. The average Bonchev–Trinajstić information content (AvgIpc) is 3.69. The average molecular weight is 752 g/mol. The van der Waals surface area contributed by atoms with Crippen LogP contribution in [0, 0.1) is 0 Å². The lowest BCUT2D eigenvalue weighted by molar-refractivity contribution is 0.672. The molecule has 12 aromatic rings. The van der Waals surface area contributed by atoms with Gasteiger partial charge in [0.05, 0.1) is 0 Å². The summed E-state index contributed by atoms with van der Waals surface area (Å²) in [5.41, 5.74) is 9.21. The van der Waals surface area contributed by atoms with E-state index in [0.29, 0.717) is 17.5 Å². The number of hydrogen-bond donors (Lipinski definition) is 0. The molecule has 0 aliphatic heterocycles. The number of benzene rings is 10. The van der Waals surface area contributed by atoms with E-state index in [4.69, 9.17) is 19.4 Å². The lowest BCUT2D eigenvalue weighted by Gasteiger charge is -2.15. The quantitative estimate of drug-likeness (QED) is 0.176. The molecule has 0 amide bonds. The second kappa shape index (κ2) is 13.3. The predicted octanol–water partition coefficient (Wildman–Crippen LogP) is 14.7. The van der Waals surface area contributed by atoms with Gasteiger partial charge in [-0.05, 0) is 102 Å². The largest absolute Gasteiger partial charge is 0.455 e. The van der Waals surface area contributed by atoms with Crippen LogP contribution in [0.2, 0.25) is 0 Å². The first-order valence-electron chi connectivity index (χ1n) is 19.9. The van der Waals surface area contributed by atoms with Gasteiger partial charge in [0, 0.05) is 32.8 Å². The lowest BCUT2D eigenvalue weighted by Crippen LogP contribution is -2.01. The molecule has 0 aliphatic rings. The molecule has 2 heterocycles. The monoisotopic (exact) mass is 751 g/mol. The molecule has 10 aromatic carbocycles. The van der Waals surface area contributed by atoms with Crippen molar-refractivity contribution < 1.29 is 4.42 Å². The topological polar surface area (TPSA) is 51.8 Å². The summed E-state index contributed by atoms with van der Waals surface area (Å²) in [6.45, 7) is 0. The maximum Gasteiger partial charge on any atom is 0.164 e. The second-order valence-corrected chi connectivity index (χ2v) is 15.2. The molecule has 0 N–H and O–H groups in total. The zero-order valence-corrected chi connectivity index (χ0v) is 31.8. The summed E-state index contributed by atoms with van der Waals surface area (Å²) in [6.07, 6.45) is 0. The van der Waals surface area contributed by atoms with E-state index in [1.54, 1.807) is 0 Å². The minimum atomic E-state index is 0.626. The molecule has 0 unspecified atom stereocenters. The molecule has 274 valence electrons. The summed E-state index contributed by atoms with van der Waals surface area (Å²) in [5, 5.41) is 11.2. The van der Waals surface area contributed by atoms with E-state index >= 15 is 0 Å². The fraction of sp³-hybridized carbons (Fsp3) is 0. The number of para-hydroxylation sites is 1. The highest BCUT2D eigenvalue weighted by atomic mass is 16.3. The zero-order chi connectivity index (χ0) is 38.9. The Morgan fingerprint density at radius 1 is 0.271 bits per heavy atom. The Kier molecular flexibility index (Phi) is 7.50. The van der Waals surface area contributed by atoms with Gasteiger partial charge < -0.3 is 4.42 Å². The standard InChI is InChI=1S/C55H33N3O/c1-2-12-34(13-3-1)39-26-27-46-48(32-39)49(33-50-45-20-10-11-21-51(45)59-52(46)50)44-28-29-47(43-19-9-8-18-42(43)44)55-57-53(40-24-22-35-14-4-6-16-37(35)30-40)56-54(58-55)41-25-23-36-15-5-7-17-38(36)31-41/h1-33H. The summed E-state index contributed by atoms with van der Waals surface area (Å²) >= 11 is 0. The number of rotatable bonds is 5. The molecule has 2 aromatic heterocycles. The van der Waals surface area contributed by atoms with Gasteiger partial charge in [0.25, 0.3) is 0 Å². The summed E-state index contributed by atoms with van der Waals surface area (Å²) in [7, 11) is 0. The van der Waals surface area contributed by atoms with Crippen molar-refractivity contribution in [3.05, 3.63) is 200 Å². The van der Waals surface area contributed by atoms with Crippen LogP contribution in [0.1, 0.15) is 0 Å². The van der Waals surface area contributed by atoms with Gasteiger partial charge in [-0.3, -0.25) is 0 Å². The third-order valence-electron chi connectivity index (χ3n) is 11.7. The third kappa shape index (κ3) is 5.57. The van der Waals surface area contributed by atoms with Gasteiger partial charge in [0.2, 0.25) is 0 Å². The first kappa shape index (κ1) is 33.2. The van der Waals surface area contributed by atoms with E-state index in [9.17, 15) is 0 Å². The molecule has 12 rings (SSSR count). The minimum absolute atomic E-state index is 0.626. The first-order valence-corrected chi connectivity index (χ1v) is 19.9. The van der Waals surface area contributed by atoms with Crippen molar-refractivity contribution in [3.8, 4) is 56.4 Å². The van der Waals surface area contributed by atoms with Crippen LogP contribution in [0.25, 0.3) is 121 Å². The number of fused-ring (bicyclic) bond motifs is 8. The van der Waals surface area contributed by atoms with Crippen molar-refractivity contribution in [3.63, 3.8) is 0 Å². The summed E-state index contributed by atoms with van der Waals surface area (Å²) < 4.78 is 6.59. The van der Waals surface area contributed by atoms with Gasteiger partial charge in [-0.25, -0.2) is 15.0 Å². The van der Waals surface area contributed by atoms with Crippen molar-refractivity contribution in [2.45, 2.75) is 0 Å². The van der Waals surface area contributed by atoms with Crippen LogP contribution >= 0.6 is 0 Å². The smallest absolute Gasteiger partial charge is 0.164 e. The second-order valence-electron chi connectivity index (χ2n) is 15.2. The summed E-state index contributed by atoms with van der Waals surface area (Å²) in [4.78, 5) is 15.6. The van der Waals surface area contributed by atoms with Gasteiger partial charge >= 0.3 is 0 Å². The van der Waals surface area contributed by atoms with Crippen molar-refractivity contribution in [1.29, 1.82) is 0 Å². The van der Waals surface area contributed by atoms with Crippen molar-refractivity contribution in [2.75, 3.05) is 0 Å². The Hall–Kier alpha value is -7.95. The Morgan fingerprint density at radius 2 is 0.814 bits per heavy atom. The van der Waals surface area contributed by atoms with Gasteiger partial charge in [0.1, 0.15) is 11.2 Å². The first-order chi connectivity index (χ1) is 29.2. The van der Waals surface area contributed by atoms with Crippen LogP contribution < -0.4 is 0 Å². The molecule has 0 saturated heterocycles. The molecule has 0 bridgehead atoms. The number of nitrogens with zero attached hydrogens (tertiary/aromatic N) is 3. The molecule has 0 spiro atoms. The van der Waals surface area contributed by atoms with Crippen molar-refractivity contribution >= 4 is 65.0 Å². The molecule has 0 radical (unpaired) electrons. The molecule has 0 atom stereocenters. The zero-order valence-electron chi connectivity index (χ0n) is 31.8. The van der Waals surface area contributed by atoms with Crippen LogP contribution in [0.4, 0.5) is 0 Å². The van der Waals surface area contributed by atoms with Crippen LogP contribution in [-0.4, -0.2) is 15.0 Å². The Bertz CT molecular complexity index is 3530. The third-order valence-corrected chi connectivity index (χ3v) is 11.7. The highest BCUT2D eigenvalue weighted by molar-refractivity contribution is 6.21. The fourth-order valence-electron chi connectivity index (χ4n) is 8.77. The van der Waals surface area contributed by atoms with E-state index < -0.39 is 0 Å². The fourth-order valence-corrected chi connectivity index (χ4v) is 8.77. The predicted molar refractivity (Wildman–Crippen MR) is 244 cm³/mol. The van der Waals surface area contributed by atoms with Gasteiger partial charge in [-0.2, -0.15) is 0 Å². The normalized spacial score (nSPS) is 11.7. The molecule has 0 saturated carbocycles. The highest BCUT2D eigenvalue weighted by Gasteiger charge is 2.20. The SMILES string of the molecule is c1ccc(-c2ccc3c(c2)c(-c2ccc(-c4nc(-c5ccc6ccccc6c5)nc(-c5ccc6ccccc6c5)n4)c4ccccc24)cc2c4ccccc4oc32)cc1. The summed E-state index contributed by atoms with van der Waals surface area (Å²) in [5.74, 6) is 1.89. The lowest BCUT2D eigenvalue weighted by atomic mass is 9.89. The van der Waals surface area contributed by atoms with Crippen molar-refractivity contribution in [1.82, 2.24) is 15.0 Å². The number of aromatic nitrogens is 3. The van der Waals surface area contributed by atoms with Crippen molar-refractivity contribution in [2.24, 2.45) is 0 Å². The minimum Gasteiger partial charge on any atom is -0.455 e. The molecule has 0 aliphatic carbocycles. The maximum absolute atomic E-state index is 6.59. The molecular weight excluding hydrogens is 719 g/mol. The van der Waals surface area contributed by atoms with E-state index in [2.05, 4.69) is 194 Å². The molecule has 59 heavy (non-hydrogen) atoms. The maximum atomic E-state index is 6.59. The van der Waals surface area contributed by atoms with Gasteiger partial charge in [0.15, 0.2) is 17.5 Å². The molecule has 4 nitrogen and oxygen atoms in total. The Morgan fingerprint density at radius 3 is 1.51 bits per heavy atom. The number of furan rings is 1. The van der Waals surface area contributed by atoms with E-state index in [-0.39, 0.29) is 0 Å². The van der Waals surface area contributed by atoms with Crippen LogP contribution in [0.5, 0.6) is 0 Å². The van der Waals surface area contributed by atoms with E-state index in [0.717, 1.165) is 87.6 Å². The van der Waals surface area contributed by atoms with Gasteiger partial charge in [-0.15, -0.1) is 0 Å². The number of hydrogen-bond acceptors (Lipinski definition) is 4.